The van der Waals surface area contributed by atoms with Crippen molar-refractivity contribution in [3.63, 3.8) is 0 Å². The van der Waals surface area contributed by atoms with Crippen LogP contribution in [0.5, 0.6) is 0 Å². The zero-order valence-corrected chi connectivity index (χ0v) is 5.71. The maximum Gasteiger partial charge on any atom is 0 e. The van der Waals surface area contributed by atoms with Gasteiger partial charge in [0.1, 0.15) is 0 Å². The van der Waals surface area contributed by atoms with Gasteiger partial charge in [-0.1, -0.05) is 20.3 Å². The van der Waals surface area contributed by atoms with Crippen molar-refractivity contribution in [2.75, 3.05) is 0 Å². The Balaban J connectivity index is 0. The summed E-state index contributed by atoms with van der Waals surface area (Å²) in [6.07, 6.45) is 1.25. The summed E-state index contributed by atoms with van der Waals surface area (Å²) in [7, 11) is 0. The van der Waals surface area contributed by atoms with Gasteiger partial charge in [0.2, 0.25) is 0 Å². The molecule has 0 unspecified atom stereocenters. The first-order valence-corrected chi connectivity index (χ1v) is 1.41. The Hall–Kier alpha value is 0.818. The maximum atomic E-state index is 2.12. The van der Waals surface area contributed by atoms with Crippen molar-refractivity contribution in [3.05, 3.63) is 0 Å². The Labute approximate surface area is 45.0 Å². The van der Waals surface area contributed by atoms with Crippen molar-refractivity contribution in [1.29, 1.82) is 0 Å². The van der Waals surface area contributed by atoms with Gasteiger partial charge in [-0.25, -0.2) is 0 Å². The fourth-order valence-corrected chi connectivity index (χ4v) is 0. The molecule has 4 heavy (non-hydrogen) atoms. The molecular weight excluding hydrogens is 158 g/mol. The Kier molecular flexibility index (Phi) is 20.3. The molecule has 0 amide bonds. The Morgan fingerprint density at radius 2 is 1.25 bits per heavy atom. The Bertz CT molecular complexity index is 3.25. The van der Waals surface area contributed by atoms with Crippen molar-refractivity contribution in [2.45, 2.75) is 20.3 Å². The van der Waals surface area contributed by atoms with Gasteiger partial charge >= 0.3 is 0 Å². The van der Waals surface area contributed by atoms with Gasteiger partial charge in [0, 0.05) is 24.4 Å². The molecule has 0 aromatic rings. The summed E-state index contributed by atoms with van der Waals surface area (Å²) in [5.74, 6) is 0. The SMILES string of the molecule is CCC.[Sb]. The first-order chi connectivity index (χ1) is 1.41. The van der Waals surface area contributed by atoms with Crippen LogP contribution in [0.4, 0.5) is 0 Å². The molecule has 0 rings (SSSR count). The van der Waals surface area contributed by atoms with E-state index >= 15 is 0 Å². The Morgan fingerprint density at radius 1 is 1.25 bits per heavy atom. The first-order valence-electron chi connectivity index (χ1n) is 1.41. The van der Waals surface area contributed by atoms with Gasteiger partial charge in [-0.2, -0.15) is 0 Å². The van der Waals surface area contributed by atoms with Crippen molar-refractivity contribution in [2.24, 2.45) is 0 Å². The summed E-state index contributed by atoms with van der Waals surface area (Å²) in [6.45, 7) is 4.25. The van der Waals surface area contributed by atoms with Crippen LogP contribution in [0.2, 0.25) is 0 Å². The van der Waals surface area contributed by atoms with E-state index < -0.39 is 0 Å². The minimum atomic E-state index is 0. The molecule has 0 heterocycles. The molecule has 0 bridgehead atoms. The third kappa shape index (κ3) is 13.9. The third-order valence-electron chi connectivity index (χ3n) is 0. The average molecular weight is 166 g/mol. The number of hydrogen-bond donors (Lipinski definition) is 0. The molecule has 0 aromatic carbocycles. The van der Waals surface area contributed by atoms with Gasteiger partial charge in [-0.15, -0.1) is 0 Å². The van der Waals surface area contributed by atoms with E-state index in [1.54, 1.807) is 0 Å². The second-order valence-electron chi connectivity index (χ2n) is 0.707. The van der Waals surface area contributed by atoms with Crippen LogP contribution in [0, 0.1) is 0 Å². The van der Waals surface area contributed by atoms with Crippen LogP contribution in [0.25, 0.3) is 0 Å². The average Bonchev–Trinajstić information content (AvgIpc) is 0.918. The van der Waals surface area contributed by atoms with Crippen LogP contribution in [0.1, 0.15) is 20.3 Å². The minimum Gasteiger partial charge on any atom is -0.0656 e. The van der Waals surface area contributed by atoms with E-state index in [0.717, 1.165) is 0 Å². The monoisotopic (exact) mass is 165 g/mol. The van der Waals surface area contributed by atoms with Crippen molar-refractivity contribution >= 4 is 24.4 Å². The fraction of sp³-hybridized carbons (Fsp3) is 1.00. The van der Waals surface area contributed by atoms with Crippen LogP contribution in [-0.4, -0.2) is 24.4 Å². The van der Waals surface area contributed by atoms with Gasteiger partial charge in [0.15, 0.2) is 0 Å². The molecule has 0 nitrogen and oxygen atoms in total. The molecule has 0 N–H and O–H groups in total. The van der Waals surface area contributed by atoms with E-state index in [1.807, 2.05) is 0 Å². The smallest absolute Gasteiger partial charge is 0 e. The molecule has 0 spiro atoms. The van der Waals surface area contributed by atoms with Crippen molar-refractivity contribution in [3.8, 4) is 0 Å². The standard InChI is InChI=1S/C3H8.Sb/c1-3-2;/h3H2,1-2H3;. The van der Waals surface area contributed by atoms with E-state index in [0.29, 0.717) is 0 Å². The Morgan fingerprint density at radius 3 is 1.25 bits per heavy atom. The summed E-state index contributed by atoms with van der Waals surface area (Å²) < 4.78 is 0. The van der Waals surface area contributed by atoms with E-state index in [9.17, 15) is 0 Å². The second-order valence-corrected chi connectivity index (χ2v) is 0.707. The summed E-state index contributed by atoms with van der Waals surface area (Å²) in [4.78, 5) is 0. The van der Waals surface area contributed by atoms with Crippen molar-refractivity contribution in [1.82, 2.24) is 0 Å². The molecule has 0 saturated carbocycles. The zero-order chi connectivity index (χ0) is 2.71. The molecule has 3 radical (unpaired) electrons. The van der Waals surface area contributed by atoms with Crippen molar-refractivity contribution < 1.29 is 0 Å². The molecular formula is C3H8Sb. The molecule has 25 valence electrons. The summed E-state index contributed by atoms with van der Waals surface area (Å²) in [6, 6.07) is 0. The normalized spacial score (nSPS) is 4.50. The van der Waals surface area contributed by atoms with Gasteiger partial charge in [-0.05, 0) is 0 Å². The molecule has 0 aromatic heterocycles. The van der Waals surface area contributed by atoms with E-state index in [1.165, 1.54) is 6.42 Å². The molecule has 0 aliphatic heterocycles. The van der Waals surface area contributed by atoms with Crippen LogP contribution in [0.15, 0.2) is 0 Å². The van der Waals surface area contributed by atoms with Crippen LogP contribution >= 0.6 is 0 Å². The molecule has 0 aliphatic rings. The predicted molar refractivity (Wildman–Crippen MR) is 21.7 cm³/mol. The quantitative estimate of drug-likeness (QED) is 0.471. The topological polar surface area (TPSA) is 0 Å². The van der Waals surface area contributed by atoms with E-state index in [4.69, 9.17) is 0 Å². The predicted octanol–water partition coefficient (Wildman–Crippen LogP) is 1.04. The first kappa shape index (κ1) is 8.84. The van der Waals surface area contributed by atoms with Gasteiger partial charge in [0.25, 0.3) is 0 Å². The van der Waals surface area contributed by atoms with Gasteiger partial charge in [0.05, 0.1) is 0 Å². The van der Waals surface area contributed by atoms with E-state index in [-0.39, 0.29) is 24.4 Å². The van der Waals surface area contributed by atoms with Crippen LogP contribution < -0.4 is 0 Å². The summed E-state index contributed by atoms with van der Waals surface area (Å²) in [5, 5.41) is 0. The fourth-order valence-electron chi connectivity index (χ4n) is 0. The number of hydrogen-bond acceptors (Lipinski definition) is 0. The molecule has 0 atom stereocenters. The van der Waals surface area contributed by atoms with Gasteiger partial charge < -0.3 is 0 Å². The zero-order valence-electron chi connectivity index (χ0n) is 3.15. The maximum absolute atomic E-state index is 2.12. The largest absolute Gasteiger partial charge is 0.0656 e. The number of rotatable bonds is 0. The summed E-state index contributed by atoms with van der Waals surface area (Å²) in [5.41, 5.74) is 0. The van der Waals surface area contributed by atoms with Crippen LogP contribution in [-0.2, 0) is 0 Å². The molecule has 1 heteroatoms. The third-order valence-corrected chi connectivity index (χ3v) is 0. The molecule has 0 fully saturated rings. The summed E-state index contributed by atoms with van der Waals surface area (Å²) >= 11 is 0. The second kappa shape index (κ2) is 9.17. The van der Waals surface area contributed by atoms with E-state index in [2.05, 4.69) is 13.8 Å². The molecule has 0 saturated heterocycles. The molecule has 0 aliphatic carbocycles. The van der Waals surface area contributed by atoms with Gasteiger partial charge in [-0.3, -0.25) is 0 Å². The van der Waals surface area contributed by atoms with Crippen LogP contribution in [0.3, 0.4) is 0 Å². The minimum absolute atomic E-state index is 0.